The van der Waals surface area contributed by atoms with Crippen molar-refractivity contribution in [3.05, 3.63) is 64.7 Å². The number of amides is 1. The second-order valence-corrected chi connectivity index (χ2v) is 8.15. The highest BCUT2D eigenvalue weighted by Crippen LogP contribution is 2.43. The van der Waals surface area contributed by atoms with Gasteiger partial charge in [0.05, 0.1) is 46.4 Å². The molecule has 3 rings (SSSR count). The number of quaternary nitrogens is 1. The molecule has 33 heavy (non-hydrogen) atoms. The molecule has 176 valence electrons. The van der Waals surface area contributed by atoms with Crippen LogP contribution >= 0.6 is 0 Å². The van der Waals surface area contributed by atoms with Gasteiger partial charge in [0.15, 0.2) is 0 Å². The van der Waals surface area contributed by atoms with E-state index in [9.17, 15) is 14.7 Å². The van der Waals surface area contributed by atoms with E-state index in [0.717, 1.165) is 18.7 Å². The average Bonchev–Trinajstić information content (AvgIpc) is 3.09. The van der Waals surface area contributed by atoms with Gasteiger partial charge < -0.3 is 24.4 Å². The van der Waals surface area contributed by atoms with Gasteiger partial charge >= 0.3 is 0 Å². The van der Waals surface area contributed by atoms with Gasteiger partial charge in [-0.2, -0.15) is 0 Å². The van der Waals surface area contributed by atoms with Crippen molar-refractivity contribution in [1.29, 1.82) is 0 Å². The smallest absolute Gasteiger partial charge is 0.295 e. The number of ketones is 1. The predicted octanol–water partition coefficient (Wildman–Crippen LogP) is 1.16. The average molecular weight is 453 g/mol. The maximum absolute atomic E-state index is 13.5. The van der Waals surface area contributed by atoms with Crippen LogP contribution in [0.1, 0.15) is 36.6 Å². The fraction of sp³-hybridized carbons (Fsp3) is 0.385. The van der Waals surface area contributed by atoms with Crippen LogP contribution < -0.4 is 19.5 Å². The maximum atomic E-state index is 13.5. The van der Waals surface area contributed by atoms with Crippen LogP contribution in [0, 0.1) is 6.92 Å². The normalized spacial score (nSPS) is 17.6. The molecule has 1 saturated heterocycles. The molecule has 2 aromatic carbocycles. The molecule has 1 aliphatic rings. The molecule has 1 fully saturated rings. The summed E-state index contributed by atoms with van der Waals surface area (Å²) in [6.45, 7) is 8.90. The molecule has 1 amide bonds. The highest BCUT2D eigenvalue weighted by molar-refractivity contribution is 6.46. The Morgan fingerprint density at radius 3 is 2.27 bits per heavy atom. The van der Waals surface area contributed by atoms with Crippen LogP contribution in [-0.2, 0) is 9.59 Å². The number of carbonyl (C=O) groups is 2. The number of hydrogen-bond acceptors (Lipinski definition) is 5. The summed E-state index contributed by atoms with van der Waals surface area (Å²) in [7, 11) is 3.07. The summed E-state index contributed by atoms with van der Waals surface area (Å²) in [4.78, 5) is 29.1. The maximum Gasteiger partial charge on any atom is 0.295 e. The molecule has 0 spiro atoms. The molecule has 7 nitrogen and oxygen atoms in total. The lowest BCUT2D eigenvalue weighted by atomic mass is 9.94. The van der Waals surface area contributed by atoms with Gasteiger partial charge in [-0.3, -0.25) is 9.59 Å². The SMILES string of the molecule is CC[NH+](CC)CCN1C(=O)C(=O)/C(=C(/[O-])c2ccc(C)cc2)C1c1cc(OC)ccc1OC. The highest BCUT2D eigenvalue weighted by Gasteiger charge is 2.45. The number of aryl methyl sites for hydroxylation is 1. The first-order valence-corrected chi connectivity index (χ1v) is 11.2. The molecule has 1 heterocycles. The Morgan fingerprint density at radius 2 is 1.70 bits per heavy atom. The number of ether oxygens (including phenoxy) is 2. The first kappa shape index (κ1) is 24.3. The third-order valence-corrected chi connectivity index (χ3v) is 6.28. The van der Waals surface area contributed by atoms with E-state index >= 15 is 0 Å². The van der Waals surface area contributed by atoms with Gasteiger partial charge in [0.1, 0.15) is 11.5 Å². The van der Waals surface area contributed by atoms with E-state index < -0.39 is 23.5 Å². The Balaban J connectivity index is 2.19. The molecule has 0 saturated carbocycles. The lowest BCUT2D eigenvalue weighted by Gasteiger charge is -2.29. The van der Waals surface area contributed by atoms with Gasteiger partial charge in [0.2, 0.25) is 5.78 Å². The molecule has 0 bridgehead atoms. The number of hydrogen-bond donors (Lipinski definition) is 1. The Morgan fingerprint density at radius 1 is 1.03 bits per heavy atom. The molecular formula is C26H32N2O5. The minimum Gasteiger partial charge on any atom is -0.872 e. The van der Waals surface area contributed by atoms with Crippen molar-refractivity contribution in [2.24, 2.45) is 0 Å². The number of likely N-dealkylation sites (N-methyl/N-ethyl adjacent to an activating group) is 1. The number of methoxy groups -OCH3 is 2. The van der Waals surface area contributed by atoms with E-state index in [2.05, 4.69) is 13.8 Å². The summed E-state index contributed by atoms with van der Waals surface area (Å²) in [5, 5.41) is 13.5. The number of carbonyl (C=O) groups excluding carboxylic acids is 2. The Labute approximate surface area is 195 Å². The third-order valence-electron chi connectivity index (χ3n) is 6.28. The van der Waals surface area contributed by atoms with Crippen molar-refractivity contribution in [3.63, 3.8) is 0 Å². The van der Waals surface area contributed by atoms with Crippen LogP contribution in [-0.4, -0.2) is 57.0 Å². The molecule has 0 aromatic heterocycles. The fourth-order valence-corrected chi connectivity index (χ4v) is 4.22. The van der Waals surface area contributed by atoms with Crippen LogP contribution in [0.2, 0.25) is 0 Å². The molecule has 0 aliphatic carbocycles. The molecule has 1 aliphatic heterocycles. The molecule has 1 atom stereocenters. The van der Waals surface area contributed by atoms with Gasteiger partial charge in [-0.05, 0) is 44.5 Å². The number of nitrogens with one attached hydrogen (secondary N) is 1. The van der Waals surface area contributed by atoms with E-state index in [1.54, 1.807) is 37.4 Å². The van der Waals surface area contributed by atoms with E-state index in [0.29, 0.717) is 35.7 Å². The zero-order chi connectivity index (χ0) is 24.1. The van der Waals surface area contributed by atoms with E-state index in [4.69, 9.17) is 9.47 Å². The van der Waals surface area contributed by atoms with Crippen molar-refractivity contribution in [2.75, 3.05) is 40.4 Å². The predicted molar refractivity (Wildman–Crippen MR) is 124 cm³/mol. The van der Waals surface area contributed by atoms with Gasteiger partial charge in [0.25, 0.3) is 5.91 Å². The van der Waals surface area contributed by atoms with Crippen LogP contribution in [0.4, 0.5) is 0 Å². The number of benzene rings is 2. The second-order valence-electron chi connectivity index (χ2n) is 8.15. The van der Waals surface area contributed by atoms with E-state index in [1.165, 1.54) is 16.9 Å². The topological polar surface area (TPSA) is 83.3 Å². The van der Waals surface area contributed by atoms with Crippen molar-refractivity contribution >= 4 is 17.4 Å². The number of likely N-dealkylation sites (tertiary alicyclic amines) is 1. The fourth-order valence-electron chi connectivity index (χ4n) is 4.22. The summed E-state index contributed by atoms with van der Waals surface area (Å²) < 4.78 is 10.9. The monoisotopic (exact) mass is 452 g/mol. The molecule has 1 N–H and O–H groups in total. The zero-order valence-electron chi connectivity index (χ0n) is 19.9. The summed E-state index contributed by atoms with van der Waals surface area (Å²) in [6.07, 6.45) is 0. The van der Waals surface area contributed by atoms with Crippen molar-refractivity contribution < 1.29 is 29.1 Å². The minimum absolute atomic E-state index is 0.0510. The minimum atomic E-state index is -0.848. The first-order valence-electron chi connectivity index (χ1n) is 11.2. The first-order chi connectivity index (χ1) is 15.9. The van der Waals surface area contributed by atoms with Gasteiger partial charge in [-0.15, -0.1) is 0 Å². The second kappa shape index (κ2) is 10.5. The number of rotatable bonds is 9. The zero-order valence-corrected chi connectivity index (χ0v) is 19.9. The molecule has 7 heteroatoms. The van der Waals surface area contributed by atoms with Crippen LogP contribution in [0.25, 0.3) is 5.76 Å². The molecule has 0 radical (unpaired) electrons. The lowest BCUT2D eigenvalue weighted by Crippen LogP contribution is -3.12. The van der Waals surface area contributed by atoms with Crippen LogP contribution in [0.15, 0.2) is 48.0 Å². The number of nitrogens with zero attached hydrogens (tertiary/aromatic N) is 1. The van der Waals surface area contributed by atoms with E-state index in [-0.39, 0.29) is 5.57 Å². The Hall–Kier alpha value is -3.32. The van der Waals surface area contributed by atoms with Gasteiger partial charge in [0, 0.05) is 11.1 Å². The highest BCUT2D eigenvalue weighted by atomic mass is 16.5. The third kappa shape index (κ3) is 4.88. The summed E-state index contributed by atoms with van der Waals surface area (Å²) >= 11 is 0. The standard InChI is InChI=1S/C26H32N2O5/c1-6-27(7-2)14-15-28-23(20-16-19(32-4)12-13-21(20)33-5)22(25(30)26(28)31)24(29)18-10-8-17(3)9-11-18/h8-13,16,23,29H,6-7,14-15H2,1-5H3/b24-22+. The van der Waals surface area contributed by atoms with Crippen molar-refractivity contribution in [3.8, 4) is 11.5 Å². The summed E-state index contributed by atoms with van der Waals surface area (Å²) in [5.74, 6) is -0.829. The Bertz CT molecular complexity index is 1040. The summed E-state index contributed by atoms with van der Waals surface area (Å²) in [6, 6.07) is 11.4. The van der Waals surface area contributed by atoms with Gasteiger partial charge in [-0.1, -0.05) is 35.6 Å². The van der Waals surface area contributed by atoms with E-state index in [1.807, 2.05) is 19.1 Å². The van der Waals surface area contributed by atoms with Gasteiger partial charge in [-0.25, -0.2) is 0 Å². The Kier molecular flexibility index (Phi) is 7.76. The lowest BCUT2D eigenvalue weighted by molar-refractivity contribution is -0.895. The van der Waals surface area contributed by atoms with Crippen LogP contribution in [0.3, 0.4) is 0 Å². The van der Waals surface area contributed by atoms with Crippen LogP contribution in [0.5, 0.6) is 11.5 Å². The number of Topliss-reactive ketones (excluding diaryl/α,β-unsaturated/α-hetero) is 1. The summed E-state index contributed by atoms with van der Waals surface area (Å²) in [5.41, 5.74) is 1.88. The molecule has 1 unspecified atom stereocenters. The van der Waals surface area contributed by atoms with Crippen molar-refractivity contribution in [1.82, 2.24) is 4.90 Å². The quantitative estimate of drug-likeness (QED) is 0.351. The van der Waals surface area contributed by atoms with Crippen molar-refractivity contribution in [2.45, 2.75) is 26.8 Å². The largest absolute Gasteiger partial charge is 0.872 e. The molecule has 2 aromatic rings. The molecular weight excluding hydrogens is 420 g/mol.